The SMILES string of the molecule is CC/C=C\C/C=C\C/C=C\C/C=C\C/C=C\C/C=C\C/C=C\C/C=C\C/C=C\C/C=C\CCCCCCC(=O)OCC(COC(=O)CCCCCCCCCCCC)OC(=O)CCCCCCCCCCCCCC. The topological polar surface area (TPSA) is 78.9 Å². The fourth-order valence-electron chi connectivity index (χ4n) is 8.35. The van der Waals surface area contributed by atoms with E-state index in [9.17, 15) is 14.4 Å². The van der Waals surface area contributed by atoms with Crippen molar-refractivity contribution in [1.29, 1.82) is 0 Å². The lowest BCUT2D eigenvalue weighted by Crippen LogP contribution is -2.30. The van der Waals surface area contributed by atoms with Gasteiger partial charge in [-0.3, -0.25) is 14.4 Å². The molecule has 0 aliphatic heterocycles. The fraction of sp³-hybridized carbons (Fsp3) is 0.667. The number of hydrogen-bond donors (Lipinski definition) is 0. The van der Waals surface area contributed by atoms with Crippen LogP contribution in [-0.4, -0.2) is 37.2 Å². The van der Waals surface area contributed by atoms with Gasteiger partial charge in [0.2, 0.25) is 0 Å². The maximum Gasteiger partial charge on any atom is 0.306 e. The predicted octanol–water partition coefficient (Wildman–Crippen LogP) is 21.2. The zero-order valence-corrected chi connectivity index (χ0v) is 48.8. The second-order valence-electron chi connectivity index (χ2n) is 20.2. The quantitative estimate of drug-likeness (QED) is 0.0261. The number of carbonyl (C=O) groups is 3. The minimum absolute atomic E-state index is 0.0838. The molecule has 0 heterocycles. The van der Waals surface area contributed by atoms with Gasteiger partial charge in [-0.05, 0) is 96.3 Å². The normalized spacial score (nSPS) is 12.9. The number of hydrogen-bond acceptors (Lipinski definition) is 6. The van der Waals surface area contributed by atoms with Crippen LogP contribution in [0.15, 0.2) is 122 Å². The van der Waals surface area contributed by atoms with Crippen molar-refractivity contribution in [2.45, 2.75) is 284 Å². The standard InChI is InChI=1S/C69H114O6/c1-4-7-10-13-16-19-22-24-25-26-27-28-29-30-31-32-33-34-35-36-37-38-39-40-41-42-43-44-45-46-48-50-53-56-59-62-68(71)74-65-66(64-73-67(70)61-58-55-52-49-21-18-15-12-9-6-3)75-69(72)63-60-57-54-51-47-23-20-17-14-11-8-5-2/h7,10,16,19,24-25,27-28,30-31,33-34,36-37,39-40,42-43,45-46,66H,4-6,8-9,11-15,17-18,20-23,26,29,32,35,38,41,44,47-65H2,1-3H3/b10-7-,19-16-,25-24-,28-27-,31-30-,34-33-,37-36-,40-39-,43-42-,46-45-. The van der Waals surface area contributed by atoms with E-state index in [0.717, 1.165) is 135 Å². The molecule has 0 spiro atoms. The van der Waals surface area contributed by atoms with Gasteiger partial charge >= 0.3 is 17.9 Å². The molecule has 0 N–H and O–H groups in total. The van der Waals surface area contributed by atoms with E-state index >= 15 is 0 Å². The highest BCUT2D eigenvalue weighted by Gasteiger charge is 2.19. The molecule has 6 heteroatoms. The summed E-state index contributed by atoms with van der Waals surface area (Å²) in [6, 6.07) is 0. The highest BCUT2D eigenvalue weighted by Crippen LogP contribution is 2.15. The molecule has 0 radical (unpaired) electrons. The van der Waals surface area contributed by atoms with Crippen LogP contribution in [0.1, 0.15) is 278 Å². The van der Waals surface area contributed by atoms with Crippen molar-refractivity contribution in [2.24, 2.45) is 0 Å². The fourth-order valence-corrected chi connectivity index (χ4v) is 8.35. The molecule has 75 heavy (non-hydrogen) atoms. The van der Waals surface area contributed by atoms with Crippen LogP contribution >= 0.6 is 0 Å². The predicted molar refractivity (Wildman–Crippen MR) is 325 cm³/mol. The van der Waals surface area contributed by atoms with Gasteiger partial charge < -0.3 is 14.2 Å². The molecule has 0 amide bonds. The van der Waals surface area contributed by atoms with E-state index in [0.29, 0.717) is 19.3 Å². The van der Waals surface area contributed by atoms with Crippen molar-refractivity contribution >= 4 is 17.9 Å². The van der Waals surface area contributed by atoms with Crippen molar-refractivity contribution in [3.8, 4) is 0 Å². The first kappa shape index (κ1) is 70.8. The second-order valence-corrected chi connectivity index (χ2v) is 20.2. The Bertz CT molecular complexity index is 1570. The minimum Gasteiger partial charge on any atom is -0.462 e. The Balaban J connectivity index is 4.22. The van der Waals surface area contributed by atoms with E-state index in [4.69, 9.17) is 14.2 Å². The molecule has 1 atom stereocenters. The summed E-state index contributed by atoms with van der Waals surface area (Å²) >= 11 is 0. The van der Waals surface area contributed by atoms with Crippen LogP contribution in [0.25, 0.3) is 0 Å². The first-order chi connectivity index (χ1) is 37.0. The molecule has 426 valence electrons. The van der Waals surface area contributed by atoms with Gasteiger partial charge in [0.05, 0.1) is 0 Å². The summed E-state index contributed by atoms with van der Waals surface area (Å²) in [5.74, 6) is -0.909. The van der Waals surface area contributed by atoms with Crippen molar-refractivity contribution in [3.63, 3.8) is 0 Å². The van der Waals surface area contributed by atoms with Crippen LogP contribution in [0.3, 0.4) is 0 Å². The Morgan fingerprint density at radius 3 is 0.813 bits per heavy atom. The van der Waals surface area contributed by atoms with Gasteiger partial charge in [0, 0.05) is 19.3 Å². The number of carbonyl (C=O) groups excluding carboxylic acids is 3. The van der Waals surface area contributed by atoms with Crippen molar-refractivity contribution < 1.29 is 28.6 Å². The van der Waals surface area contributed by atoms with Gasteiger partial charge in [-0.1, -0.05) is 284 Å². The molecule has 0 aromatic carbocycles. The van der Waals surface area contributed by atoms with Crippen LogP contribution in [0.4, 0.5) is 0 Å². The summed E-state index contributed by atoms with van der Waals surface area (Å²) in [5.41, 5.74) is 0. The third-order valence-corrected chi connectivity index (χ3v) is 13.0. The van der Waals surface area contributed by atoms with Crippen molar-refractivity contribution in [3.05, 3.63) is 122 Å². The van der Waals surface area contributed by atoms with E-state index < -0.39 is 6.10 Å². The highest BCUT2D eigenvalue weighted by atomic mass is 16.6. The maximum atomic E-state index is 12.8. The molecule has 0 aliphatic carbocycles. The molecular formula is C69H114O6. The molecule has 0 saturated heterocycles. The molecular weight excluding hydrogens is 925 g/mol. The monoisotopic (exact) mass is 1040 g/mol. The lowest BCUT2D eigenvalue weighted by molar-refractivity contribution is -0.167. The largest absolute Gasteiger partial charge is 0.462 e. The molecule has 0 aromatic heterocycles. The van der Waals surface area contributed by atoms with Gasteiger partial charge in [0.1, 0.15) is 13.2 Å². The maximum absolute atomic E-state index is 12.8. The average molecular weight is 1040 g/mol. The van der Waals surface area contributed by atoms with Crippen molar-refractivity contribution in [2.75, 3.05) is 13.2 Å². The van der Waals surface area contributed by atoms with E-state index in [1.807, 2.05) is 0 Å². The molecule has 0 rings (SSSR count). The molecule has 0 fully saturated rings. The molecule has 1 unspecified atom stereocenters. The Labute approximate surface area is 462 Å². The van der Waals surface area contributed by atoms with Crippen LogP contribution in [0.2, 0.25) is 0 Å². The third kappa shape index (κ3) is 60.6. The lowest BCUT2D eigenvalue weighted by Gasteiger charge is -2.18. The second kappa shape index (κ2) is 62.4. The van der Waals surface area contributed by atoms with Crippen molar-refractivity contribution in [1.82, 2.24) is 0 Å². The lowest BCUT2D eigenvalue weighted by atomic mass is 10.0. The summed E-state index contributed by atoms with van der Waals surface area (Å²) in [6.45, 7) is 6.49. The molecule has 0 aromatic rings. The number of unbranched alkanes of at least 4 members (excludes halogenated alkanes) is 24. The Hall–Kier alpha value is -4.19. The molecule has 0 aliphatic rings. The van der Waals surface area contributed by atoms with Crippen LogP contribution in [-0.2, 0) is 28.6 Å². The van der Waals surface area contributed by atoms with Gasteiger partial charge in [0.25, 0.3) is 0 Å². The number of allylic oxidation sites excluding steroid dienone is 20. The number of rotatable bonds is 55. The molecule has 6 nitrogen and oxygen atoms in total. The van der Waals surface area contributed by atoms with Crippen LogP contribution in [0.5, 0.6) is 0 Å². The Kier molecular flexibility index (Phi) is 58.9. The molecule has 0 bridgehead atoms. The first-order valence-corrected chi connectivity index (χ1v) is 31.0. The Morgan fingerprint density at radius 2 is 0.520 bits per heavy atom. The summed E-state index contributed by atoms with van der Waals surface area (Å²) in [4.78, 5) is 38.0. The van der Waals surface area contributed by atoms with E-state index in [1.54, 1.807) is 0 Å². The summed E-state index contributed by atoms with van der Waals surface area (Å²) in [5, 5.41) is 0. The summed E-state index contributed by atoms with van der Waals surface area (Å²) in [6.07, 6.45) is 86.4. The first-order valence-electron chi connectivity index (χ1n) is 31.0. The Morgan fingerprint density at radius 1 is 0.280 bits per heavy atom. The van der Waals surface area contributed by atoms with Crippen LogP contribution in [0, 0.1) is 0 Å². The van der Waals surface area contributed by atoms with Crippen LogP contribution < -0.4 is 0 Å². The molecule has 0 saturated carbocycles. The van der Waals surface area contributed by atoms with Gasteiger partial charge in [-0.25, -0.2) is 0 Å². The zero-order valence-electron chi connectivity index (χ0n) is 48.8. The number of esters is 3. The smallest absolute Gasteiger partial charge is 0.306 e. The van der Waals surface area contributed by atoms with Gasteiger partial charge in [-0.2, -0.15) is 0 Å². The van der Waals surface area contributed by atoms with E-state index in [-0.39, 0.29) is 31.1 Å². The number of ether oxygens (including phenoxy) is 3. The average Bonchev–Trinajstić information content (AvgIpc) is 3.41. The van der Waals surface area contributed by atoms with Gasteiger partial charge in [0.15, 0.2) is 6.10 Å². The zero-order chi connectivity index (χ0) is 54.3. The summed E-state index contributed by atoms with van der Waals surface area (Å²) in [7, 11) is 0. The summed E-state index contributed by atoms with van der Waals surface area (Å²) < 4.78 is 16.8. The minimum atomic E-state index is -0.786. The van der Waals surface area contributed by atoms with Gasteiger partial charge in [-0.15, -0.1) is 0 Å². The third-order valence-electron chi connectivity index (χ3n) is 13.0. The van der Waals surface area contributed by atoms with E-state index in [2.05, 4.69) is 142 Å². The highest BCUT2D eigenvalue weighted by molar-refractivity contribution is 5.71. The van der Waals surface area contributed by atoms with E-state index in [1.165, 1.54) is 103 Å².